The maximum Gasteiger partial charge on any atom is 0.306 e. The minimum atomic E-state index is -0.837. The van der Waals surface area contributed by atoms with Crippen LogP contribution in [0.2, 0.25) is 0 Å². The normalized spacial score (nSPS) is 22.7. The molecule has 96 valence electrons. The number of nitrogens with one attached hydrogen (secondary N) is 1. The first-order valence-electron chi connectivity index (χ1n) is 5.72. The summed E-state index contributed by atoms with van der Waals surface area (Å²) >= 11 is 0. The summed E-state index contributed by atoms with van der Waals surface area (Å²) in [5.74, 6) is -2.42. The Hall–Kier alpha value is -1.98. The molecule has 0 bridgehead atoms. The first-order chi connectivity index (χ1) is 8.56. The van der Waals surface area contributed by atoms with Gasteiger partial charge in [0.2, 0.25) is 5.95 Å². The van der Waals surface area contributed by atoms with Gasteiger partial charge in [0.15, 0.2) is 0 Å². The van der Waals surface area contributed by atoms with Gasteiger partial charge in [0, 0.05) is 6.04 Å². The lowest BCUT2D eigenvalue weighted by molar-refractivity contribution is -0.141. The molecule has 1 aromatic heterocycles. The van der Waals surface area contributed by atoms with Crippen LogP contribution < -0.4 is 5.32 Å². The van der Waals surface area contributed by atoms with E-state index in [2.05, 4.69) is 10.3 Å². The number of aliphatic carboxylic acids is 1. The standard InChI is InChI=1S/C12H13FN2O3/c13-10-3-1-2-9(15-10)11(16)14-8-5-4-7(6-8)12(17)18/h1-3,7-8H,4-6H2,(H,14,16)(H,17,18). The molecule has 2 rings (SSSR count). The van der Waals surface area contributed by atoms with E-state index in [1.54, 1.807) is 0 Å². The zero-order valence-electron chi connectivity index (χ0n) is 9.60. The second-order valence-corrected chi connectivity index (χ2v) is 4.36. The molecular formula is C12H13FN2O3. The molecule has 0 aromatic carbocycles. The van der Waals surface area contributed by atoms with Crippen LogP contribution in [-0.4, -0.2) is 28.0 Å². The predicted octanol–water partition coefficient (Wildman–Crippen LogP) is 1.20. The molecule has 1 aromatic rings. The highest BCUT2D eigenvalue weighted by Crippen LogP contribution is 2.25. The average Bonchev–Trinajstić information content (AvgIpc) is 2.77. The summed E-state index contributed by atoms with van der Waals surface area (Å²) in [4.78, 5) is 26.0. The predicted molar refractivity (Wildman–Crippen MR) is 60.4 cm³/mol. The molecule has 2 unspecified atom stereocenters. The number of halogens is 1. The minimum absolute atomic E-state index is 0.00813. The summed E-state index contributed by atoms with van der Waals surface area (Å²) in [6.07, 6.45) is 1.59. The Balaban J connectivity index is 1.95. The van der Waals surface area contributed by atoms with E-state index in [0.717, 1.165) is 6.07 Å². The molecule has 18 heavy (non-hydrogen) atoms. The highest BCUT2D eigenvalue weighted by molar-refractivity contribution is 5.92. The van der Waals surface area contributed by atoms with E-state index in [4.69, 9.17) is 5.11 Å². The quantitative estimate of drug-likeness (QED) is 0.792. The lowest BCUT2D eigenvalue weighted by Gasteiger charge is -2.11. The fourth-order valence-electron chi connectivity index (χ4n) is 2.13. The molecule has 1 fully saturated rings. The SMILES string of the molecule is O=C(NC1CCC(C(=O)O)C1)c1cccc(F)n1. The summed E-state index contributed by atoms with van der Waals surface area (Å²) in [5.41, 5.74) is 0.00813. The number of nitrogens with zero attached hydrogens (tertiary/aromatic N) is 1. The Bertz CT molecular complexity index is 478. The largest absolute Gasteiger partial charge is 0.481 e. The van der Waals surface area contributed by atoms with Crippen molar-refractivity contribution < 1.29 is 19.1 Å². The first-order valence-corrected chi connectivity index (χ1v) is 5.72. The van der Waals surface area contributed by atoms with Gasteiger partial charge in [-0.15, -0.1) is 0 Å². The third-order valence-corrected chi connectivity index (χ3v) is 3.06. The van der Waals surface area contributed by atoms with Crippen molar-refractivity contribution in [2.24, 2.45) is 5.92 Å². The minimum Gasteiger partial charge on any atom is -0.481 e. The molecule has 1 aliphatic carbocycles. The van der Waals surface area contributed by atoms with Crippen LogP contribution in [0.1, 0.15) is 29.8 Å². The van der Waals surface area contributed by atoms with Gasteiger partial charge in [-0.05, 0) is 31.4 Å². The van der Waals surface area contributed by atoms with E-state index in [9.17, 15) is 14.0 Å². The fourth-order valence-corrected chi connectivity index (χ4v) is 2.13. The topological polar surface area (TPSA) is 79.3 Å². The Morgan fingerprint density at radius 2 is 2.17 bits per heavy atom. The number of hydrogen-bond acceptors (Lipinski definition) is 3. The molecule has 1 aliphatic rings. The maximum atomic E-state index is 12.8. The molecule has 1 heterocycles. The number of aromatic nitrogens is 1. The van der Waals surface area contributed by atoms with Gasteiger partial charge in [0.05, 0.1) is 5.92 Å². The van der Waals surface area contributed by atoms with E-state index >= 15 is 0 Å². The number of carboxylic acids is 1. The van der Waals surface area contributed by atoms with Crippen LogP contribution in [0.3, 0.4) is 0 Å². The maximum absolute atomic E-state index is 12.8. The van der Waals surface area contributed by atoms with Crippen LogP contribution in [0.5, 0.6) is 0 Å². The van der Waals surface area contributed by atoms with E-state index in [0.29, 0.717) is 19.3 Å². The first kappa shape index (κ1) is 12.5. The van der Waals surface area contributed by atoms with Crippen molar-refractivity contribution in [1.82, 2.24) is 10.3 Å². The van der Waals surface area contributed by atoms with Crippen LogP contribution in [-0.2, 0) is 4.79 Å². The molecule has 6 heteroatoms. The van der Waals surface area contributed by atoms with Gasteiger partial charge in [-0.3, -0.25) is 9.59 Å². The molecule has 0 spiro atoms. The van der Waals surface area contributed by atoms with Crippen molar-refractivity contribution in [3.63, 3.8) is 0 Å². The summed E-state index contributed by atoms with van der Waals surface area (Å²) in [6, 6.07) is 3.81. The molecule has 0 radical (unpaired) electrons. The van der Waals surface area contributed by atoms with Gasteiger partial charge < -0.3 is 10.4 Å². The molecule has 5 nitrogen and oxygen atoms in total. The molecule has 2 atom stereocenters. The number of carbonyl (C=O) groups is 2. The van der Waals surface area contributed by atoms with Crippen LogP contribution in [0, 0.1) is 11.9 Å². The van der Waals surface area contributed by atoms with Gasteiger partial charge in [0.25, 0.3) is 5.91 Å². The molecule has 0 aliphatic heterocycles. The lowest BCUT2D eigenvalue weighted by Crippen LogP contribution is -2.34. The van der Waals surface area contributed by atoms with Crippen molar-refractivity contribution in [3.8, 4) is 0 Å². The molecule has 2 N–H and O–H groups in total. The number of amides is 1. The summed E-state index contributed by atoms with van der Waals surface area (Å²) in [5, 5.41) is 11.5. The van der Waals surface area contributed by atoms with Crippen molar-refractivity contribution in [2.45, 2.75) is 25.3 Å². The van der Waals surface area contributed by atoms with Crippen LogP contribution >= 0.6 is 0 Å². The smallest absolute Gasteiger partial charge is 0.306 e. The number of carbonyl (C=O) groups excluding carboxylic acids is 1. The van der Waals surface area contributed by atoms with Crippen LogP contribution in [0.15, 0.2) is 18.2 Å². The van der Waals surface area contributed by atoms with Crippen molar-refractivity contribution in [3.05, 3.63) is 29.8 Å². The van der Waals surface area contributed by atoms with Gasteiger partial charge in [-0.25, -0.2) is 4.98 Å². The molecule has 1 amide bonds. The molecule has 0 saturated heterocycles. The summed E-state index contributed by atoms with van der Waals surface area (Å²) < 4.78 is 12.8. The monoisotopic (exact) mass is 252 g/mol. The van der Waals surface area contributed by atoms with Crippen LogP contribution in [0.4, 0.5) is 4.39 Å². The molecular weight excluding hydrogens is 239 g/mol. The number of hydrogen-bond donors (Lipinski definition) is 2. The highest BCUT2D eigenvalue weighted by Gasteiger charge is 2.30. The van der Waals surface area contributed by atoms with E-state index < -0.39 is 23.7 Å². The van der Waals surface area contributed by atoms with Crippen molar-refractivity contribution in [1.29, 1.82) is 0 Å². The second kappa shape index (κ2) is 5.12. The molecule has 1 saturated carbocycles. The second-order valence-electron chi connectivity index (χ2n) is 4.36. The van der Waals surface area contributed by atoms with Crippen molar-refractivity contribution in [2.75, 3.05) is 0 Å². The summed E-state index contributed by atoms with van der Waals surface area (Å²) in [7, 11) is 0. The number of pyridine rings is 1. The Morgan fingerprint density at radius 3 is 2.78 bits per heavy atom. The Labute approximate surface area is 103 Å². The zero-order valence-corrected chi connectivity index (χ0v) is 9.60. The van der Waals surface area contributed by atoms with Gasteiger partial charge >= 0.3 is 5.97 Å². The zero-order chi connectivity index (χ0) is 13.1. The van der Waals surface area contributed by atoms with Gasteiger partial charge in [-0.2, -0.15) is 4.39 Å². The summed E-state index contributed by atoms with van der Waals surface area (Å²) in [6.45, 7) is 0. The third-order valence-electron chi connectivity index (χ3n) is 3.06. The number of rotatable bonds is 3. The van der Waals surface area contributed by atoms with Gasteiger partial charge in [-0.1, -0.05) is 6.07 Å². The van der Waals surface area contributed by atoms with Crippen LogP contribution in [0.25, 0.3) is 0 Å². The van der Waals surface area contributed by atoms with Gasteiger partial charge in [0.1, 0.15) is 5.69 Å². The van der Waals surface area contributed by atoms with E-state index in [1.807, 2.05) is 0 Å². The lowest BCUT2D eigenvalue weighted by atomic mass is 10.1. The van der Waals surface area contributed by atoms with E-state index in [1.165, 1.54) is 12.1 Å². The Morgan fingerprint density at radius 1 is 1.39 bits per heavy atom. The third kappa shape index (κ3) is 2.82. The number of carboxylic acid groups (broad SMARTS) is 1. The Kier molecular flexibility index (Phi) is 3.55. The highest BCUT2D eigenvalue weighted by atomic mass is 19.1. The van der Waals surface area contributed by atoms with Crippen molar-refractivity contribution >= 4 is 11.9 Å². The fraction of sp³-hybridized carbons (Fsp3) is 0.417. The van der Waals surface area contributed by atoms with E-state index in [-0.39, 0.29) is 11.7 Å². The average molecular weight is 252 g/mol.